The van der Waals surface area contributed by atoms with Crippen molar-refractivity contribution in [2.24, 2.45) is 0 Å². The monoisotopic (exact) mass is 221 g/mol. The van der Waals surface area contributed by atoms with E-state index in [9.17, 15) is 0 Å². The van der Waals surface area contributed by atoms with Gasteiger partial charge in [0, 0.05) is 0 Å². The van der Waals surface area contributed by atoms with Crippen LogP contribution in [0, 0.1) is 0 Å². The van der Waals surface area contributed by atoms with Gasteiger partial charge in [0.05, 0.1) is 0 Å². The van der Waals surface area contributed by atoms with Crippen LogP contribution < -0.4 is 23.0 Å². The van der Waals surface area contributed by atoms with Crippen LogP contribution in [0.5, 0.6) is 0 Å². The van der Waals surface area contributed by atoms with Gasteiger partial charge >= 0.3 is 0 Å². The molecule has 0 saturated heterocycles. The maximum absolute atomic E-state index is 2.17. The minimum Gasteiger partial charge on any atom is -1.00 e. The fourth-order valence-electron chi connectivity index (χ4n) is 1.21. The predicted octanol–water partition coefficient (Wildman–Crippen LogP) is -0.680. The van der Waals surface area contributed by atoms with E-state index in [0.717, 1.165) is 8.58 Å². The molecule has 0 atom stereocenters. The summed E-state index contributed by atoms with van der Waals surface area (Å²) in [6.07, 6.45) is 0. The molecule has 2 heteroatoms. The van der Waals surface area contributed by atoms with Crippen molar-refractivity contribution < 1.29 is 12.4 Å². The van der Waals surface area contributed by atoms with E-state index in [2.05, 4.69) is 60.7 Å². The number of hydrogen-bond donors (Lipinski definition) is 0. The van der Waals surface area contributed by atoms with E-state index in [0.29, 0.717) is 0 Å². The number of halogens is 1. The molecule has 0 fully saturated rings. The highest BCUT2D eigenvalue weighted by atomic mass is 35.5. The SMILES string of the molecule is [Cl-].c1ccc(Pc2ccccc2)cc1. The summed E-state index contributed by atoms with van der Waals surface area (Å²) >= 11 is 0. The molecule has 0 aliphatic rings. The second-order valence-corrected chi connectivity index (χ2v) is 4.26. The van der Waals surface area contributed by atoms with Gasteiger partial charge in [0.1, 0.15) is 0 Å². The molecule has 0 heterocycles. The van der Waals surface area contributed by atoms with Crippen LogP contribution in [0.3, 0.4) is 0 Å². The zero-order valence-corrected chi connectivity index (χ0v) is 9.41. The van der Waals surface area contributed by atoms with E-state index < -0.39 is 0 Å². The standard InChI is InChI=1S/C12H11P.ClH/c1-3-7-11(8-4-1)13-12-9-5-2-6-10-12;/h1-10,13H;1H/p-1. The van der Waals surface area contributed by atoms with Gasteiger partial charge in [0.25, 0.3) is 0 Å². The fourth-order valence-corrected chi connectivity index (χ4v) is 2.26. The molecule has 0 N–H and O–H groups in total. The smallest absolute Gasteiger partial charge is 0.0226 e. The van der Waals surface area contributed by atoms with E-state index in [-0.39, 0.29) is 12.4 Å². The molecule has 2 rings (SSSR count). The van der Waals surface area contributed by atoms with Crippen LogP contribution >= 0.6 is 8.58 Å². The highest BCUT2D eigenvalue weighted by molar-refractivity contribution is 7.55. The molecule has 2 aromatic carbocycles. The number of hydrogen-bond acceptors (Lipinski definition) is 0. The van der Waals surface area contributed by atoms with Gasteiger partial charge in [0.2, 0.25) is 0 Å². The van der Waals surface area contributed by atoms with Crippen LogP contribution in [-0.2, 0) is 0 Å². The van der Waals surface area contributed by atoms with Gasteiger partial charge in [-0.3, -0.25) is 0 Å². The summed E-state index contributed by atoms with van der Waals surface area (Å²) in [6.45, 7) is 0. The lowest BCUT2D eigenvalue weighted by Gasteiger charge is -2.00. The summed E-state index contributed by atoms with van der Waals surface area (Å²) in [5, 5.41) is 2.79. The Morgan fingerprint density at radius 1 is 0.571 bits per heavy atom. The molecule has 0 radical (unpaired) electrons. The Balaban J connectivity index is 0.000000980. The summed E-state index contributed by atoms with van der Waals surface area (Å²) in [5.41, 5.74) is 0. The zero-order chi connectivity index (χ0) is 8.93. The molecular weight excluding hydrogens is 211 g/mol. The molecule has 72 valence electrons. The van der Waals surface area contributed by atoms with Crippen molar-refractivity contribution in [3.05, 3.63) is 60.7 Å². The van der Waals surface area contributed by atoms with E-state index >= 15 is 0 Å². The third kappa shape index (κ3) is 3.14. The molecule has 0 aliphatic carbocycles. The van der Waals surface area contributed by atoms with Gasteiger partial charge in [0.15, 0.2) is 0 Å². The van der Waals surface area contributed by atoms with Crippen molar-refractivity contribution in [2.45, 2.75) is 0 Å². The number of rotatable bonds is 2. The second-order valence-electron chi connectivity index (χ2n) is 2.86. The minimum atomic E-state index is 0. The van der Waals surface area contributed by atoms with Crippen molar-refractivity contribution in [3.63, 3.8) is 0 Å². The summed E-state index contributed by atoms with van der Waals surface area (Å²) in [4.78, 5) is 0. The Labute approximate surface area is 92.6 Å². The van der Waals surface area contributed by atoms with Gasteiger partial charge in [-0.05, 0) is 10.6 Å². The Morgan fingerprint density at radius 2 is 0.929 bits per heavy atom. The summed E-state index contributed by atoms with van der Waals surface area (Å²) in [7, 11) is 0.777. The molecule has 0 spiro atoms. The average Bonchev–Trinajstić information content (AvgIpc) is 2.21. The first kappa shape index (κ1) is 11.2. The molecule has 0 amide bonds. The third-order valence-corrected chi connectivity index (χ3v) is 3.08. The van der Waals surface area contributed by atoms with Gasteiger partial charge in [-0.2, -0.15) is 0 Å². The maximum Gasteiger partial charge on any atom is -0.0226 e. The first-order chi connectivity index (χ1) is 6.45. The van der Waals surface area contributed by atoms with Gasteiger partial charge in [-0.25, -0.2) is 0 Å². The first-order valence-electron chi connectivity index (χ1n) is 4.32. The molecule has 0 aromatic heterocycles. The zero-order valence-electron chi connectivity index (χ0n) is 7.65. The van der Waals surface area contributed by atoms with Crippen LogP contribution in [0.25, 0.3) is 0 Å². The minimum absolute atomic E-state index is 0. The fraction of sp³-hybridized carbons (Fsp3) is 0. The van der Waals surface area contributed by atoms with Crippen molar-refractivity contribution in [1.82, 2.24) is 0 Å². The number of benzene rings is 2. The lowest BCUT2D eigenvalue weighted by molar-refractivity contribution is -0.00000243. The van der Waals surface area contributed by atoms with Crippen LogP contribution in [0.15, 0.2) is 60.7 Å². The topological polar surface area (TPSA) is 0 Å². The van der Waals surface area contributed by atoms with Crippen molar-refractivity contribution >= 4 is 19.2 Å². The van der Waals surface area contributed by atoms with Crippen LogP contribution in [0.2, 0.25) is 0 Å². The Bertz CT molecular complexity index is 321. The Morgan fingerprint density at radius 3 is 1.29 bits per heavy atom. The van der Waals surface area contributed by atoms with Crippen molar-refractivity contribution in [2.75, 3.05) is 0 Å². The lowest BCUT2D eigenvalue weighted by atomic mass is 10.4. The van der Waals surface area contributed by atoms with E-state index in [1.807, 2.05) is 0 Å². The Kier molecular flexibility index (Phi) is 4.65. The van der Waals surface area contributed by atoms with Crippen LogP contribution in [-0.4, -0.2) is 0 Å². The van der Waals surface area contributed by atoms with Crippen molar-refractivity contribution in [3.8, 4) is 0 Å². The Hall–Kier alpha value is -0.840. The lowest BCUT2D eigenvalue weighted by Crippen LogP contribution is -3.00. The van der Waals surface area contributed by atoms with E-state index in [1.54, 1.807) is 0 Å². The molecule has 0 unspecified atom stereocenters. The molecule has 0 bridgehead atoms. The molecule has 0 aliphatic heterocycles. The molecule has 0 saturated carbocycles. The van der Waals surface area contributed by atoms with Gasteiger partial charge in [-0.1, -0.05) is 69.2 Å². The maximum atomic E-state index is 2.17. The summed E-state index contributed by atoms with van der Waals surface area (Å²) in [5.74, 6) is 0. The first-order valence-corrected chi connectivity index (χ1v) is 5.32. The highest BCUT2D eigenvalue weighted by Gasteiger charge is 1.92. The van der Waals surface area contributed by atoms with Gasteiger partial charge in [-0.15, -0.1) is 0 Å². The highest BCUT2D eigenvalue weighted by Crippen LogP contribution is 2.08. The second kappa shape index (κ2) is 5.80. The van der Waals surface area contributed by atoms with E-state index in [4.69, 9.17) is 0 Å². The quantitative estimate of drug-likeness (QED) is 0.590. The average molecular weight is 222 g/mol. The van der Waals surface area contributed by atoms with Crippen LogP contribution in [0.4, 0.5) is 0 Å². The summed E-state index contributed by atoms with van der Waals surface area (Å²) < 4.78 is 0. The van der Waals surface area contributed by atoms with Crippen LogP contribution in [0.1, 0.15) is 0 Å². The van der Waals surface area contributed by atoms with E-state index in [1.165, 1.54) is 10.6 Å². The molecule has 0 nitrogen and oxygen atoms in total. The van der Waals surface area contributed by atoms with Gasteiger partial charge < -0.3 is 12.4 Å². The largest absolute Gasteiger partial charge is 1.00 e. The normalized spacial score (nSPS) is 9.14. The third-order valence-electron chi connectivity index (χ3n) is 1.84. The summed E-state index contributed by atoms with van der Waals surface area (Å²) in [6, 6.07) is 21.2. The predicted molar refractivity (Wildman–Crippen MR) is 60.5 cm³/mol. The molecular formula is C12H11ClP-. The van der Waals surface area contributed by atoms with Crippen molar-refractivity contribution in [1.29, 1.82) is 0 Å². The molecule has 2 aromatic rings. The molecule has 14 heavy (non-hydrogen) atoms.